The average Bonchev–Trinajstić information content (AvgIpc) is 3.38. The minimum absolute atomic E-state index is 0.0151. The van der Waals surface area contributed by atoms with Crippen LogP contribution in [-0.2, 0) is 9.53 Å². The van der Waals surface area contributed by atoms with E-state index in [4.69, 9.17) is 9.94 Å². The molecule has 182 valence electrons. The maximum absolute atomic E-state index is 13.1. The van der Waals surface area contributed by atoms with E-state index < -0.39 is 0 Å². The van der Waals surface area contributed by atoms with Crippen LogP contribution in [0.1, 0.15) is 76.2 Å². The largest absolute Gasteiger partial charge is 0.461 e. The third-order valence-electron chi connectivity index (χ3n) is 7.61. The zero-order valence-corrected chi connectivity index (χ0v) is 19.7. The number of rotatable bonds is 9. The van der Waals surface area contributed by atoms with Crippen molar-refractivity contribution in [2.24, 2.45) is 11.8 Å². The first-order valence-corrected chi connectivity index (χ1v) is 12.7. The lowest BCUT2D eigenvalue weighted by molar-refractivity contribution is -0.153. The van der Waals surface area contributed by atoms with Gasteiger partial charge in [0.05, 0.1) is 5.70 Å². The highest BCUT2D eigenvalue weighted by Gasteiger charge is 2.33. The first kappa shape index (κ1) is 24.0. The molecule has 0 spiro atoms. The predicted molar refractivity (Wildman–Crippen MR) is 128 cm³/mol. The Morgan fingerprint density at radius 3 is 2.33 bits per heavy atom. The number of aromatic nitrogens is 2. The molecule has 33 heavy (non-hydrogen) atoms. The predicted octanol–water partition coefficient (Wildman–Crippen LogP) is 3.67. The van der Waals surface area contributed by atoms with Gasteiger partial charge in [0.15, 0.2) is 0 Å². The molecule has 0 radical (unpaired) electrons. The van der Waals surface area contributed by atoms with Crippen LogP contribution < -0.4 is 15.7 Å². The van der Waals surface area contributed by atoms with Gasteiger partial charge in [-0.3, -0.25) is 15.5 Å². The molecule has 1 aliphatic heterocycles. The molecule has 1 aromatic heterocycles. The van der Waals surface area contributed by atoms with Crippen LogP contribution in [0, 0.1) is 11.8 Å². The second-order valence-corrected chi connectivity index (χ2v) is 9.92. The second kappa shape index (κ2) is 11.8. The summed E-state index contributed by atoms with van der Waals surface area (Å²) in [5.41, 5.74) is 3.08. The summed E-state index contributed by atoms with van der Waals surface area (Å²) < 4.78 is 5.92. The molecule has 3 aliphatic rings. The summed E-state index contributed by atoms with van der Waals surface area (Å²) in [7, 11) is 0. The lowest BCUT2D eigenvalue weighted by atomic mass is 9.83. The van der Waals surface area contributed by atoms with Crippen molar-refractivity contribution in [1.82, 2.24) is 20.8 Å². The van der Waals surface area contributed by atoms with E-state index in [0.29, 0.717) is 29.0 Å². The molecular weight excluding hydrogens is 418 g/mol. The number of nitrogens with one attached hydrogen (secondary N) is 2. The van der Waals surface area contributed by atoms with Gasteiger partial charge in [-0.15, -0.1) is 0 Å². The summed E-state index contributed by atoms with van der Waals surface area (Å²) in [6.45, 7) is 6.36. The fraction of sp³-hybridized carbons (Fsp3) is 0.720. The number of anilines is 1. The lowest BCUT2D eigenvalue weighted by Gasteiger charge is -2.35. The highest BCUT2D eigenvalue weighted by Crippen LogP contribution is 2.29. The number of esters is 1. The Morgan fingerprint density at radius 1 is 1.06 bits per heavy atom. The molecule has 0 amide bonds. The number of hydroxylamine groups is 1. The van der Waals surface area contributed by atoms with Crippen LogP contribution in [-0.4, -0.2) is 52.9 Å². The summed E-state index contributed by atoms with van der Waals surface area (Å²) >= 11 is 0. The van der Waals surface area contributed by atoms with Crippen molar-refractivity contribution in [3.63, 3.8) is 0 Å². The Kier molecular flexibility index (Phi) is 8.56. The minimum Gasteiger partial charge on any atom is -0.461 e. The molecule has 0 unspecified atom stereocenters. The van der Waals surface area contributed by atoms with Gasteiger partial charge in [-0.25, -0.2) is 9.97 Å². The summed E-state index contributed by atoms with van der Waals surface area (Å²) in [6.07, 6.45) is 15.9. The van der Waals surface area contributed by atoms with Gasteiger partial charge in [-0.05, 0) is 69.7 Å². The summed E-state index contributed by atoms with van der Waals surface area (Å²) in [4.78, 5) is 24.1. The van der Waals surface area contributed by atoms with Gasteiger partial charge < -0.3 is 15.0 Å². The molecule has 3 N–H and O–H groups in total. The number of carbonyl (C=O) groups is 1. The Labute approximate surface area is 197 Å². The lowest BCUT2D eigenvalue weighted by Crippen LogP contribution is -2.48. The van der Waals surface area contributed by atoms with Crippen LogP contribution in [0.2, 0.25) is 0 Å². The van der Waals surface area contributed by atoms with Crippen molar-refractivity contribution in [3.8, 4) is 0 Å². The molecular formula is C25H39N5O3. The van der Waals surface area contributed by atoms with Gasteiger partial charge in [-0.1, -0.05) is 25.8 Å². The smallest absolute Gasteiger partial charge is 0.323 e. The Hall–Kier alpha value is -2.19. The van der Waals surface area contributed by atoms with Gasteiger partial charge in [0.2, 0.25) is 5.95 Å². The standard InChI is InChI=1S/C25H39N5O3/c1-18(29-32)21-16-27-25(28-17-21)30-13-11-19(12-14-30)15-26-23(20-7-3-2-4-8-20)24(31)33-22-9-5-6-10-22/h16-17,19-20,22-23,26,29,32H,1-15H2/t23-/m0/s1. The van der Waals surface area contributed by atoms with Crippen LogP contribution in [0.25, 0.3) is 5.70 Å². The Balaban J connectivity index is 1.27. The van der Waals surface area contributed by atoms with Gasteiger partial charge in [-0.2, -0.15) is 0 Å². The van der Waals surface area contributed by atoms with Gasteiger partial charge in [0, 0.05) is 31.0 Å². The number of nitrogens with zero attached hydrogens (tertiary/aromatic N) is 3. The number of piperidine rings is 1. The molecule has 2 heterocycles. The van der Waals surface area contributed by atoms with Crippen molar-refractivity contribution in [2.75, 3.05) is 24.5 Å². The first-order valence-electron chi connectivity index (χ1n) is 12.7. The van der Waals surface area contributed by atoms with E-state index in [1.165, 1.54) is 32.1 Å². The number of hydrogen-bond donors (Lipinski definition) is 3. The topological polar surface area (TPSA) is 99.6 Å². The molecule has 1 atom stereocenters. The molecule has 3 fully saturated rings. The molecule has 2 saturated carbocycles. The molecule has 0 aromatic carbocycles. The van der Waals surface area contributed by atoms with Crippen molar-refractivity contribution >= 4 is 17.6 Å². The van der Waals surface area contributed by atoms with E-state index in [-0.39, 0.29) is 18.1 Å². The molecule has 8 heteroatoms. The highest BCUT2D eigenvalue weighted by atomic mass is 16.5. The average molecular weight is 458 g/mol. The monoisotopic (exact) mass is 457 g/mol. The quantitative estimate of drug-likeness (QED) is 0.382. The van der Waals surface area contributed by atoms with Crippen molar-refractivity contribution in [2.45, 2.75) is 82.8 Å². The first-order chi connectivity index (χ1) is 16.1. The fourth-order valence-electron chi connectivity index (χ4n) is 5.49. The third-order valence-corrected chi connectivity index (χ3v) is 7.61. The van der Waals surface area contributed by atoms with Crippen molar-refractivity contribution in [3.05, 3.63) is 24.5 Å². The van der Waals surface area contributed by atoms with Crippen molar-refractivity contribution in [1.29, 1.82) is 0 Å². The number of ether oxygens (including phenoxy) is 1. The van der Waals surface area contributed by atoms with E-state index in [1.807, 2.05) is 5.48 Å². The highest BCUT2D eigenvalue weighted by molar-refractivity contribution is 5.76. The van der Waals surface area contributed by atoms with Gasteiger partial charge in [0.25, 0.3) is 0 Å². The zero-order valence-electron chi connectivity index (χ0n) is 19.7. The molecule has 1 saturated heterocycles. The third kappa shape index (κ3) is 6.44. The molecule has 2 aliphatic carbocycles. The Morgan fingerprint density at radius 2 is 1.70 bits per heavy atom. The summed E-state index contributed by atoms with van der Waals surface area (Å²) in [5.74, 6) is 1.63. The van der Waals surface area contributed by atoms with E-state index in [2.05, 4.69) is 26.8 Å². The van der Waals surface area contributed by atoms with Crippen LogP contribution in [0.3, 0.4) is 0 Å². The maximum Gasteiger partial charge on any atom is 0.323 e. The minimum atomic E-state index is -0.159. The van der Waals surface area contributed by atoms with Crippen LogP contribution >= 0.6 is 0 Å². The number of hydrogen-bond acceptors (Lipinski definition) is 8. The Bertz CT molecular complexity index is 767. The van der Waals surface area contributed by atoms with E-state index in [1.54, 1.807) is 12.4 Å². The second-order valence-electron chi connectivity index (χ2n) is 9.92. The van der Waals surface area contributed by atoms with E-state index >= 15 is 0 Å². The fourth-order valence-corrected chi connectivity index (χ4v) is 5.49. The van der Waals surface area contributed by atoms with Crippen LogP contribution in [0.4, 0.5) is 5.95 Å². The van der Waals surface area contributed by atoms with E-state index in [9.17, 15) is 4.79 Å². The van der Waals surface area contributed by atoms with Gasteiger partial charge in [0.1, 0.15) is 12.1 Å². The summed E-state index contributed by atoms with van der Waals surface area (Å²) in [5, 5.41) is 12.6. The maximum atomic E-state index is 13.1. The van der Waals surface area contributed by atoms with Crippen LogP contribution in [0.15, 0.2) is 19.0 Å². The van der Waals surface area contributed by atoms with E-state index in [0.717, 1.165) is 58.2 Å². The number of carbonyl (C=O) groups excluding carboxylic acids is 1. The normalized spacial score (nSPS) is 21.7. The summed E-state index contributed by atoms with van der Waals surface area (Å²) in [6, 6.07) is -0.159. The van der Waals surface area contributed by atoms with Crippen LogP contribution in [0.5, 0.6) is 0 Å². The zero-order chi connectivity index (χ0) is 23.0. The molecule has 8 nitrogen and oxygen atoms in total. The SMILES string of the molecule is C=C(NO)c1cnc(N2CCC(CN[C@H](C(=O)OC3CCCC3)C3CCCCC3)CC2)nc1. The molecule has 4 rings (SSSR count). The molecule has 1 aromatic rings. The van der Waals surface area contributed by atoms with Crippen molar-refractivity contribution < 1.29 is 14.7 Å². The van der Waals surface area contributed by atoms with Gasteiger partial charge >= 0.3 is 5.97 Å². The molecule has 0 bridgehead atoms.